The van der Waals surface area contributed by atoms with Gasteiger partial charge in [-0.2, -0.15) is 0 Å². The Labute approximate surface area is 441 Å². The van der Waals surface area contributed by atoms with Gasteiger partial charge in [0.1, 0.15) is 11.6 Å². The fourth-order valence-electron chi connectivity index (χ4n) is 10.5. The number of nitrogens with zero attached hydrogens (tertiary/aromatic N) is 4. The molecule has 0 bridgehead atoms. The van der Waals surface area contributed by atoms with Gasteiger partial charge >= 0.3 is 0 Å². The van der Waals surface area contributed by atoms with E-state index in [0.29, 0.717) is 11.4 Å². The second kappa shape index (κ2) is 18.8. The third-order valence-electron chi connectivity index (χ3n) is 14.5. The molecule has 0 saturated carbocycles. The minimum absolute atomic E-state index is 0. The molecule has 5 nitrogen and oxygen atoms in total. The summed E-state index contributed by atoms with van der Waals surface area (Å²) in [5.74, 6) is 0.776. The first-order valence-corrected chi connectivity index (χ1v) is 24.7. The summed E-state index contributed by atoms with van der Waals surface area (Å²) in [4.78, 5) is 10.6. The van der Waals surface area contributed by atoms with Crippen LogP contribution in [0.5, 0.6) is 5.75 Å². The molecule has 3 aromatic heterocycles. The van der Waals surface area contributed by atoms with Gasteiger partial charge in [0.25, 0.3) is 0 Å². The first-order chi connectivity index (χ1) is 35.0. The number of aromatic hydroxyl groups is 1. The van der Waals surface area contributed by atoms with Gasteiger partial charge in [0, 0.05) is 66.5 Å². The maximum absolute atomic E-state index is 12.4. The van der Waals surface area contributed by atoms with Gasteiger partial charge in [-0.05, 0) is 75.7 Å². The molecule has 12 rings (SSSR count). The number of phenolic OH excluding ortho intramolecular Hbond substituents is 1. The molecule has 0 aliphatic heterocycles. The summed E-state index contributed by atoms with van der Waals surface area (Å²) in [6.07, 6.45) is 1.91. The van der Waals surface area contributed by atoms with Gasteiger partial charge in [-0.3, -0.25) is 9.55 Å². The maximum Gasteiger partial charge on any atom is 0.148 e. The van der Waals surface area contributed by atoms with Crippen molar-refractivity contribution in [2.24, 2.45) is 0 Å². The number of pyridine rings is 1. The predicted octanol–water partition coefficient (Wildman–Crippen LogP) is 17.0. The van der Waals surface area contributed by atoms with Gasteiger partial charge in [0.2, 0.25) is 0 Å². The summed E-state index contributed by atoms with van der Waals surface area (Å²) in [7, 11) is 0. The van der Waals surface area contributed by atoms with E-state index in [1.807, 2.05) is 36.5 Å². The zero-order chi connectivity index (χ0) is 49.1. The molecule has 0 radical (unpaired) electrons. The molecule has 0 saturated heterocycles. The molecule has 0 spiro atoms. The van der Waals surface area contributed by atoms with E-state index in [0.717, 1.165) is 94.4 Å². The van der Waals surface area contributed by atoms with Gasteiger partial charge in [0.05, 0.1) is 33.3 Å². The van der Waals surface area contributed by atoms with E-state index in [-0.39, 0.29) is 37.6 Å². The van der Waals surface area contributed by atoms with E-state index in [9.17, 15) is 5.11 Å². The number of imidazole rings is 1. The van der Waals surface area contributed by atoms with Crippen molar-refractivity contribution >= 4 is 32.8 Å². The Morgan fingerprint density at radius 3 is 1.84 bits per heavy atom. The van der Waals surface area contributed by atoms with Gasteiger partial charge in [-0.15, -0.1) is 29.3 Å². The van der Waals surface area contributed by atoms with Crippen LogP contribution in [0.4, 0.5) is 0 Å². The van der Waals surface area contributed by atoms with Crippen LogP contribution in [0.25, 0.3) is 100 Å². The molecule has 0 atom stereocenters. The van der Waals surface area contributed by atoms with Crippen molar-refractivity contribution in [3.05, 3.63) is 247 Å². The topological polar surface area (TPSA) is 55.9 Å². The van der Waals surface area contributed by atoms with Crippen molar-refractivity contribution in [2.45, 2.75) is 45.4 Å². The Morgan fingerprint density at radius 2 is 1.08 bits per heavy atom. The van der Waals surface area contributed by atoms with Crippen molar-refractivity contribution in [3.8, 4) is 73.2 Å². The van der Waals surface area contributed by atoms with Gasteiger partial charge in [-0.1, -0.05) is 203 Å². The largest absolute Gasteiger partial charge is 0.507 e. The number of fused-ring (bicyclic) bond motifs is 4. The minimum Gasteiger partial charge on any atom is -0.507 e. The van der Waals surface area contributed by atoms with Gasteiger partial charge < -0.3 is 9.67 Å². The zero-order valence-corrected chi connectivity index (χ0v) is 43.7. The third-order valence-corrected chi connectivity index (χ3v) is 14.5. The zero-order valence-electron chi connectivity index (χ0n) is 41.4. The van der Waals surface area contributed by atoms with Crippen molar-refractivity contribution < 1.29 is 26.2 Å². The fraction of sp³-hybridized carbons (Fsp3) is 0.104. The summed E-state index contributed by atoms with van der Waals surface area (Å²) in [6, 6.07) is 80.4. The molecule has 6 heteroatoms. The normalized spacial score (nSPS) is 11.8. The van der Waals surface area contributed by atoms with Crippen LogP contribution < -0.4 is 0 Å². The van der Waals surface area contributed by atoms with Crippen LogP contribution in [0, 0.1) is 6.07 Å². The van der Waals surface area contributed by atoms with Gasteiger partial charge in [-0.25, -0.2) is 4.98 Å². The summed E-state index contributed by atoms with van der Waals surface area (Å²) in [5.41, 5.74) is 17.6. The van der Waals surface area contributed by atoms with E-state index >= 15 is 0 Å². The van der Waals surface area contributed by atoms with Crippen molar-refractivity contribution in [2.75, 3.05) is 0 Å². The van der Waals surface area contributed by atoms with Crippen LogP contribution in [0.1, 0.15) is 51.3 Å². The number of aromatic nitrogens is 4. The SMILES string of the molecule is CC(C)(C)c1cc(-c2cc(-c3ccc(C(C)(C)c4ccccc4)cc3)ccn2)[c-]c(-c2cccc3c2nc(-c2cc4c5ccccc5n(-c5ccccc5)c4cc2O)n3-c2ccccc2-c2ccccc2)c1.[Pt]. The van der Waals surface area contributed by atoms with Crippen molar-refractivity contribution in [1.82, 2.24) is 19.1 Å². The molecule has 0 unspecified atom stereocenters. The van der Waals surface area contributed by atoms with Crippen LogP contribution in [0.3, 0.4) is 0 Å². The molecule has 3 heterocycles. The molecule has 358 valence electrons. The monoisotopic (exact) mass is 1120 g/mol. The molecule has 0 amide bonds. The Kier molecular flexibility index (Phi) is 12.2. The number of para-hydroxylation sites is 4. The molecule has 73 heavy (non-hydrogen) atoms. The summed E-state index contributed by atoms with van der Waals surface area (Å²) < 4.78 is 4.45. The predicted molar refractivity (Wildman–Crippen MR) is 298 cm³/mol. The third kappa shape index (κ3) is 8.48. The Hall–Kier alpha value is -8.11. The molecule has 0 aliphatic rings. The first kappa shape index (κ1) is 47.2. The van der Waals surface area contributed by atoms with E-state index in [1.54, 1.807) is 0 Å². The summed E-state index contributed by atoms with van der Waals surface area (Å²) >= 11 is 0. The Balaban J connectivity index is 0.00000574. The van der Waals surface area contributed by atoms with Crippen LogP contribution >= 0.6 is 0 Å². The first-order valence-electron chi connectivity index (χ1n) is 24.7. The van der Waals surface area contributed by atoms with Crippen LogP contribution in [0.2, 0.25) is 0 Å². The second-order valence-corrected chi connectivity index (χ2v) is 20.3. The number of rotatable bonds is 9. The number of benzene rings is 9. The molecule has 12 aromatic rings. The Bertz CT molecular complexity index is 3980. The molecule has 0 aliphatic carbocycles. The van der Waals surface area contributed by atoms with E-state index < -0.39 is 0 Å². The minimum atomic E-state index is -0.190. The summed E-state index contributed by atoms with van der Waals surface area (Å²) in [5, 5.41) is 14.6. The summed E-state index contributed by atoms with van der Waals surface area (Å²) in [6.45, 7) is 11.3. The van der Waals surface area contributed by atoms with Crippen molar-refractivity contribution in [1.29, 1.82) is 0 Å². The van der Waals surface area contributed by atoms with E-state index in [1.165, 1.54) is 11.1 Å². The van der Waals surface area contributed by atoms with Crippen molar-refractivity contribution in [3.63, 3.8) is 0 Å². The van der Waals surface area contributed by atoms with E-state index in [2.05, 4.69) is 238 Å². The Morgan fingerprint density at radius 1 is 0.452 bits per heavy atom. The van der Waals surface area contributed by atoms with Crippen LogP contribution in [-0.4, -0.2) is 24.2 Å². The van der Waals surface area contributed by atoms with Crippen LogP contribution in [0.15, 0.2) is 225 Å². The fourth-order valence-corrected chi connectivity index (χ4v) is 10.5. The molecule has 9 aromatic carbocycles. The number of phenols is 1. The maximum atomic E-state index is 12.4. The molecule has 1 N–H and O–H groups in total. The average molecular weight is 1130 g/mol. The molecule has 0 fully saturated rings. The van der Waals surface area contributed by atoms with Gasteiger partial charge in [0.15, 0.2) is 0 Å². The second-order valence-electron chi connectivity index (χ2n) is 20.3. The van der Waals surface area contributed by atoms with Crippen LogP contribution in [-0.2, 0) is 31.9 Å². The smallest absolute Gasteiger partial charge is 0.148 e. The average Bonchev–Trinajstić information content (AvgIpc) is 3.96. The quantitative estimate of drug-likeness (QED) is 0.147. The standard InChI is InChI=1S/C67H53N4O.Pt/c1-66(2,3)51-39-47(38-48(40-51)58-41-46(36-37-68-58)44-32-34-50(35-33-44)67(4,5)49-22-11-7-12-23-49)54-28-19-31-61-64(54)69-65(71(61)59-29-17-15-26-53(59)45-20-9-6-10-21-45)57-42-56-55-27-16-18-30-60(55)70(62(56)43-63(57)72)52-24-13-8-14-25-52;/h6-37,39-43,72H,1-5H3;/q-1;. The molecular weight excluding hydrogens is 1070 g/mol. The van der Waals surface area contributed by atoms with E-state index in [4.69, 9.17) is 9.97 Å². The molecular formula is C67H53N4OPt-. The number of hydrogen-bond donors (Lipinski definition) is 1. The number of hydrogen-bond acceptors (Lipinski definition) is 3.